The summed E-state index contributed by atoms with van der Waals surface area (Å²) < 4.78 is 0. The summed E-state index contributed by atoms with van der Waals surface area (Å²) in [6, 6.07) is 0. The Labute approximate surface area is 140 Å². The lowest BCUT2D eigenvalue weighted by Gasteiger charge is -2.56. The Kier molecular flexibility index (Phi) is 5.07. The van der Waals surface area contributed by atoms with Crippen molar-refractivity contribution in [3.63, 3.8) is 0 Å². The van der Waals surface area contributed by atoms with Crippen molar-refractivity contribution in [2.24, 2.45) is 10.8 Å². The van der Waals surface area contributed by atoms with Crippen LogP contribution in [0.2, 0.25) is 0 Å². The van der Waals surface area contributed by atoms with Crippen LogP contribution in [0.3, 0.4) is 0 Å². The summed E-state index contributed by atoms with van der Waals surface area (Å²) in [6.45, 7) is 5.15. The molecule has 2 aliphatic rings. The molecule has 0 N–H and O–H groups in total. The number of hydrogen-bond acceptors (Lipinski definition) is 3. The van der Waals surface area contributed by atoms with E-state index in [0.717, 1.165) is 6.42 Å². The number of halogens is 2. The summed E-state index contributed by atoms with van der Waals surface area (Å²) in [5, 5.41) is 0. The molecule has 0 aliphatic carbocycles. The standard InChI is InChI=1S/C15H22Cl2N2O3/c1-3-4-15-9-18(11(20)5-16)7-14(2,13(15)22)8-19(10-15)12(21)6-17/h3-10H2,1-2H3. The quantitative estimate of drug-likeness (QED) is 0.723. The van der Waals surface area contributed by atoms with Crippen LogP contribution in [0, 0.1) is 10.8 Å². The topological polar surface area (TPSA) is 57.7 Å². The Morgan fingerprint density at radius 3 is 1.86 bits per heavy atom. The molecule has 0 spiro atoms. The van der Waals surface area contributed by atoms with E-state index >= 15 is 0 Å². The Bertz CT molecular complexity index is 467. The lowest BCUT2D eigenvalue weighted by molar-refractivity contribution is -0.167. The van der Waals surface area contributed by atoms with Crippen LogP contribution < -0.4 is 0 Å². The minimum atomic E-state index is -0.741. The Hall–Kier alpha value is -0.810. The first-order valence-corrected chi connectivity index (χ1v) is 8.61. The van der Waals surface area contributed by atoms with Crippen molar-refractivity contribution < 1.29 is 14.4 Å². The molecule has 0 unspecified atom stereocenters. The van der Waals surface area contributed by atoms with Gasteiger partial charge in [0.15, 0.2) is 5.78 Å². The first-order chi connectivity index (χ1) is 10.3. The normalized spacial score (nSPS) is 31.4. The molecule has 124 valence electrons. The zero-order valence-corrected chi connectivity index (χ0v) is 14.5. The third-order valence-corrected chi connectivity index (χ3v) is 5.22. The number of ketones is 1. The lowest BCUT2D eigenvalue weighted by Crippen LogP contribution is -2.70. The zero-order chi connectivity index (χ0) is 16.5. The molecule has 7 heteroatoms. The fourth-order valence-corrected chi connectivity index (χ4v) is 4.32. The van der Waals surface area contributed by atoms with Crippen molar-refractivity contribution in [2.45, 2.75) is 26.7 Å². The van der Waals surface area contributed by atoms with Gasteiger partial charge >= 0.3 is 0 Å². The van der Waals surface area contributed by atoms with Crippen molar-refractivity contribution in [3.8, 4) is 0 Å². The van der Waals surface area contributed by atoms with Crippen molar-refractivity contribution in [1.82, 2.24) is 9.80 Å². The Morgan fingerprint density at radius 2 is 1.50 bits per heavy atom. The monoisotopic (exact) mass is 348 g/mol. The Balaban J connectivity index is 2.39. The van der Waals surface area contributed by atoms with Gasteiger partial charge in [0.05, 0.1) is 10.8 Å². The number of amides is 2. The van der Waals surface area contributed by atoms with E-state index in [1.165, 1.54) is 0 Å². The van der Waals surface area contributed by atoms with Gasteiger partial charge in [0.2, 0.25) is 11.8 Å². The van der Waals surface area contributed by atoms with Crippen molar-refractivity contribution in [3.05, 3.63) is 0 Å². The van der Waals surface area contributed by atoms with E-state index in [1.54, 1.807) is 9.80 Å². The molecule has 0 radical (unpaired) electrons. The highest BCUT2D eigenvalue weighted by Gasteiger charge is 2.58. The highest BCUT2D eigenvalue weighted by atomic mass is 35.5. The Morgan fingerprint density at radius 1 is 1.05 bits per heavy atom. The summed E-state index contributed by atoms with van der Waals surface area (Å²) in [4.78, 5) is 40.5. The largest absolute Gasteiger partial charge is 0.340 e. The number of hydrogen-bond donors (Lipinski definition) is 0. The van der Waals surface area contributed by atoms with Crippen LogP contribution in [0.5, 0.6) is 0 Å². The van der Waals surface area contributed by atoms with Crippen LogP contribution in [0.1, 0.15) is 26.7 Å². The number of rotatable bonds is 4. The molecule has 2 rings (SSSR count). The van der Waals surface area contributed by atoms with Gasteiger partial charge < -0.3 is 9.80 Å². The van der Waals surface area contributed by atoms with Gasteiger partial charge in [-0.3, -0.25) is 14.4 Å². The van der Waals surface area contributed by atoms with Gasteiger partial charge in [-0.1, -0.05) is 13.3 Å². The molecule has 2 fully saturated rings. The van der Waals surface area contributed by atoms with Crippen LogP contribution in [0.15, 0.2) is 0 Å². The number of likely N-dealkylation sites (tertiary alicyclic amines) is 2. The molecule has 0 saturated carbocycles. The third-order valence-electron chi connectivity index (χ3n) is 4.76. The average molecular weight is 349 g/mol. The molecule has 2 heterocycles. The van der Waals surface area contributed by atoms with Crippen LogP contribution in [0.25, 0.3) is 0 Å². The van der Waals surface area contributed by atoms with Crippen LogP contribution in [0.4, 0.5) is 0 Å². The van der Waals surface area contributed by atoms with Gasteiger partial charge in [-0.05, 0) is 13.3 Å². The van der Waals surface area contributed by atoms with Gasteiger partial charge in [0.1, 0.15) is 11.8 Å². The van der Waals surface area contributed by atoms with E-state index in [2.05, 4.69) is 0 Å². The van der Waals surface area contributed by atoms with Gasteiger partial charge in [-0.15, -0.1) is 23.2 Å². The molecule has 2 saturated heterocycles. The summed E-state index contributed by atoms with van der Waals surface area (Å²) in [5.41, 5.74) is -1.43. The summed E-state index contributed by atoms with van der Waals surface area (Å²) in [6.07, 6.45) is 1.47. The second kappa shape index (κ2) is 6.36. The maximum Gasteiger partial charge on any atom is 0.237 e. The highest BCUT2D eigenvalue weighted by Crippen LogP contribution is 2.45. The van der Waals surface area contributed by atoms with Gasteiger partial charge in [0, 0.05) is 26.2 Å². The number of alkyl halides is 2. The number of Topliss-reactive ketones (excluding diaryl/α,β-unsaturated/α-hetero) is 1. The number of fused-ring (bicyclic) bond motifs is 2. The van der Waals surface area contributed by atoms with Crippen molar-refractivity contribution in [1.29, 1.82) is 0 Å². The number of nitrogens with zero attached hydrogens (tertiary/aromatic N) is 2. The van der Waals surface area contributed by atoms with Gasteiger partial charge in [-0.25, -0.2) is 0 Å². The fraction of sp³-hybridized carbons (Fsp3) is 0.800. The zero-order valence-electron chi connectivity index (χ0n) is 13.0. The van der Waals surface area contributed by atoms with Crippen LogP contribution in [-0.2, 0) is 14.4 Å². The molecule has 0 aromatic rings. The first kappa shape index (κ1) is 17.5. The van der Waals surface area contributed by atoms with Crippen LogP contribution >= 0.6 is 23.2 Å². The molecule has 5 nitrogen and oxygen atoms in total. The first-order valence-electron chi connectivity index (χ1n) is 7.54. The molecule has 2 bridgehead atoms. The predicted molar refractivity (Wildman–Crippen MR) is 85.1 cm³/mol. The highest BCUT2D eigenvalue weighted by molar-refractivity contribution is 6.27. The van der Waals surface area contributed by atoms with Crippen LogP contribution in [-0.4, -0.2) is 65.3 Å². The molecule has 2 aliphatic heterocycles. The molecule has 0 aromatic heterocycles. The molecule has 0 atom stereocenters. The SMILES string of the molecule is CCCC12CN(C(=O)CCl)CC(C)(CN(C(=O)CCl)C1)C2=O. The minimum absolute atomic E-state index is 0.0865. The van der Waals surface area contributed by atoms with E-state index in [4.69, 9.17) is 23.2 Å². The maximum absolute atomic E-state index is 13.0. The molecule has 2 amide bonds. The number of carbonyl (C=O) groups is 3. The maximum atomic E-state index is 13.0. The molecular formula is C15H22Cl2N2O3. The predicted octanol–water partition coefficient (Wildman–Crippen LogP) is 1.51. The smallest absolute Gasteiger partial charge is 0.237 e. The second-order valence-electron chi connectivity index (χ2n) is 6.69. The summed E-state index contributed by atoms with van der Waals surface area (Å²) >= 11 is 11.4. The second-order valence-corrected chi connectivity index (χ2v) is 7.22. The van der Waals surface area contributed by atoms with E-state index in [0.29, 0.717) is 32.6 Å². The van der Waals surface area contributed by atoms with E-state index in [-0.39, 0.29) is 29.4 Å². The van der Waals surface area contributed by atoms with E-state index in [1.807, 2.05) is 13.8 Å². The fourth-order valence-electron chi connectivity index (χ4n) is 3.98. The third kappa shape index (κ3) is 2.85. The van der Waals surface area contributed by atoms with Crippen molar-refractivity contribution in [2.75, 3.05) is 37.9 Å². The van der Waals surface area contributed by atoms with E-state index < -0.39 is 10.8 Å². The molecule has 22 heavy (non-hydrogen) atoms. The van der Waals surface area contributed by atoms with Gasteiger partial charge in [0.25, 0.3) is 0 Å². The molecule has 0 aromatic carbocycles. The summed E-state index contributed by atoms with van der Waals surface area (Å²) in [7, 11) is 0. The number of piperidine rings is 2. The average Bonchev–Trinajstić information content (AvgIpc) is 2.48. The van der Waals surface area contributed by atoms with E-state index in [9.17, 15) is 14.4 Å². The minimum Gasteiger partial charge on any atom is -0.340 e. The lowest BCUT2D eigenvalue weighted by atomic mass is 9.61. The number of carbonyl (C=O) groups excluding carboxylic acids is 3. The van der Waals surface area contributed by atoms with Gasteiger partial charge in [-0.2, -0.15) is 0 Å². The summed E-state index contributed by atoms with van der Waals surface area (Å²) in [5.74, 6) is -0.316. The van der Waals surface area contributed by atoms with Crippen molar-refractivity contribution >= 4 is 40.8 Å². The molecular weight excluding hydrogens is 327 g/mol.